The summed E-state index contributed by atoms with van der Waals surface area (Å²) in [6, 6.07) is 6.80. The number of nitrogens with one attached hydrogen (secondary N) is 1. The van der Waals surface area contributed by atoms with Crippen LogP contribution >= 0.6 is 0 Å². The molecule has 24 heavy (non-hydrogen) atoms. The molecule has 1 aliphatic heterocycles. The molecule has 3 amide bonds. The highest BCUT2D eigenvalue weighted by molar-refractivity contribution is 6.10. The zero-order valence-electron chi connectivity index (χ0n) is 14.9. The van der Waals surface area contributed by atoms with Crippen LogP contribution in [0.15, 0.2) is 24.3 Å². The smallest absolute Gasteiger partial charge is 0.323 e. The maximum Gasteiger partial charge on any atom is 0.325 e. The highest BCUT2D eigenvalue weighted by Crippen LogP contribution is 2.25. The number of nitrogens with zero attached hydrogens (tertiary/aromatic N) is 1. The maximum absolute atomic E-state index is 12.6. The van der Waals surface area contributed by atoms with Crippen molar-refractivity contribution in [2.24, 2.45) is 5.92 Å². The fourth-order valence-corrected chi connectivity index (χ4v) is 2.80. The summed E-state index contributed by atoms with van der Waals surface area (Å²) in [4.78, 5) is 38.2. The molecule has 1 aromatic rings. The molecule has 0 bridgehead atoms. The van der Waals surface area contributed by atoms with Gasteiger partial charge in [0, 0.05) is 5.56 Å². The molecule has 1 saturated heterocycles. The Morgan fingerprint density at radius 3 is 2.38 bits per heavy atom. The quantitative estimate of drug-likeness (QED) is 0.617. The lowest BCUT2D eigenvalue weighted by Gasteiger charge is -2.22. The summed E-state index contributed by atoms with van der Waals surface area (Å²) >= 11 is 0. The van der Waals surface area contributed by atoms with Gasteiger partial charge in [-0.3, -0.25) is 14.5 Å². The average Bonchev–Trinajstić information content (AvgIpc) is 2.77. The molecule has 1 N–H and O–H groups in total. The molecular formula is C19H26N2O3. The molecule has 0 saturated carbocycles. The number of carbonyl (C=O) groups is 3. The van der Waals surface area contributed by atoms with E-state index in [4.69, 9.17) is 0 Å². The van der Waals surface area contributed by atoms with Gasteiger partial charge < -0.3 is 5.32 Å². The fraction of sp³-hybridized carbons (Fsp3) is 0.526. The van der Waals surface area contributed by atoms with Gasteiger partial charge in [-0.15, -0.1) is 0 Å². The topological polar surface area (TPSA) is 66.5 Å². The third kappa shape index (κ3) is 3.83. The molecule has 1 aromatic carbocycles. The van der Waals surface area contributed by atoms with Gasteiger partial charge in [0.15, 0.2) is 5.78 Å². The Labute approximate surface area is 143 Å². The minimum absolute atomic E-state index is 0.215. The molecule has 1 unspecified atom stereocenters. The first-order valence-electron chi connectivity index (χ1n) is 8.53. The van der Waals surface area contributed by atoms with Crippen molar-refractivity contribution in [2.75, 3.05) is 6.54 Å². The van der Waals surface area contributed by atoms with Crippen LogP contribution in [0.3, 0.4) is 0 Å². The normalized spacial score (nSPS) is 20.6. The summed E-state index contributed by atoms with van der Waals surface area (Å²) in [5.41, 5.74) is 0.750. The van der Waals surface area contributed by atoms with Crippen molar-refractivity contribution < 1.29 is 14.4 Å². The Hall–Kier alpha value is -2.17. The number of imide groups is 1. The number of benzene rings is 1. The van der Waals surface area contributed by atoms with Gasteiger partial charge in [0.05, 0.1) is 6.54 Å². The monoisotopic (exact) mass is 330 g/mol. The van der Waals surface area contributed by atoms with E-state index in [0.717, 1.165) is 23.3 Å². The molecule has 1 fully saturated rings. The van der Waals surface area contributed by atoms with Gasteiger partial charge in [0.2, 0.25) is 0 Å². The van der Waals surface area contributed by atoms with E-state index in [1.165, 1.54) is 0 Å². The number of carbonyl (C=O) groups excluding carboxylic acids is 3. The number of Topliss-reactive ketones (excluding diaryl/α,β-unsaturated/α-hetero) is 1. The first kappa shape index (κ1) is 18.2. The lowest BCUT2D eigenvalue weighted by molar-refractivity contribution is -0.130. The first-order valence-corrected chi connectivity index (χ1v) is 8.53. The molecule has 1 atom stereocenters. The van der Waals surface area contributed by atoms with E-state index >= 15 is 0 Å². The summed E-state index contributed by atoms with van der Waals surface area (Å²) in [5.74, 6) is -0.0970. The van der Waals surface area contributed by atoms with Crippen molar-refractivity contribution in [2.45, 2.75) is 52.5 Å². The highest BCUT2D eigenvalue weighted by Gasteiger charge is 2.47. The summed E-state index contributed by atoms with van der Waals surface area (Å²) < 4.78 is 0. The van der Waals surface area contributed by atoms with Crippen LogP contribution in [0.1, 0.15) is 56.5 Å². The van der Waals surface area contributed by atoms with Gasteiger partial charge >= 0.3 is 6.03 Å². The van der Waals surface area contributed by atoms with Crippen molar-refractivity contribution in [1.29, 1.82) is 0 Å². The molecule has 130 valence electrons. The third-order valence-electron chi connectivity index (χ3n) is 4.55. The average molecular weight is 330 g/mol. The second kappa shape index (κ2) is 7.16. The second-order valence-corrected chi connectivity index (χ2v) is 7.06. The summed E-state index contributed by atoms with van der Waals surface area (Å²) in [5, 5.41) is 2.75. The largest absolute Gasteiger partial charge is 0.325 e. The number of rotatable bonds is 7. The van der Waals surface area contributed by atoms with E-state index in [9.17, 15) is 14.4 Å². The van der Waals surface area contributed by atoms with Gasteiger partial charge in [-0.1, -0.05) is 45.0 Å². The Balaban J connectivity index is 2.07. The highest BCUT2D eigenvalue weighted by atomic mass is 16.2. The lowest BCUT2D eigenvalue weighted by Crippen LogP contribution is -2.44. The third-order valence-corrected chi connectivity index (χ3v) is 4.55. The molecule has 2 rings (SSSR count). The Bertz CT molecular complexity index is 637. The second-order valence-electron chi connectivity index (χ2n) is 7.06. The predicted molar refractivity (Wildman–Crippen MR) is 92.9 cm³/mol. The molecular weight excluding hydrogens is 304 g/mol. The zero-order chi connectivity index (χ0) is 17.9. The predicted octanol–water partition coefficient (Wildman–Crippen LogP) is 3.18. The molecule has 1 heterocycles. The molecule has 5 nitrogen and oxygen atoms in total. The molecule has 0 radical (unpaired) electrons. The van der Waals surface area contributed by atoms with Crippen molar-refractivity contribution in [3.8, 4) is 0 Å². The van der Waals surface area contributed by atoms with Gasteiger partial charge in [-0.05, 0) is 37.7 Å². The van der Waals surface area contributed by atoms with Gasteiger partial charge in [0.1, 0.15) is 5.54 Å². The van der Waals surface area contributed by atoms with Crippen LogP contribution in [0.25, 0.3) is 0 Å². The van der Waals surface area contributed by atoms with Crippen molar-refractivity contribution in [1.82, 2.24) is 10.2 Å². The van der Waals surface area contributed by atoms with Crippen LogP contribution in [0.2, 0.25) is 0 Å². The fourth-order valence-electron chi connectivity index (χ4n) is 2.80. The number of ketones is 1. The molecule has 0 aliphatic carbocycles. The lowest BCUT2D eigenvalue weighted by atomic mass is 9.92. The number of aryl methyl sites for hydroxylation is 1. The number of urea groups is 1. The summed E-state index contributed by atoms with van der Waals surface area (Å²) in [6.45, 7) is 7.71. The van der Waals surface area contributed by atoms with Crippen molar-refractivity contribution in [3.05, 3.63) is 35.4 Å². The molecule has 5 heteroatoms. The van der Waals surface area contributed by atoms with E-state index in [2.05, 4.69) is 19.2 Å². The van der Waals surface area contributed by atoms with Crippen LogP contribution in [0.5, 0.6) is 0 Å². The first-order chi connectivity index (χ1) is 11.3. The Morgan fingerprint density at radius 2 is 1.83 bits per heavy atom. The zero-order valence-corrected chi connectivity index (χ0v) is 14.9. The van der Waals surface area contributed by atoms with Crippen LogP contribution < -0.4 is 5.32 Å². The van der Waals surface area contributed by atoms with Crippen molar-refractivity contribution >= 4 is 17.7 Å². The van der Waals surface area contributed by atoms with Crippen molar-refractivity contribution in [3.63, 3.8) is 0 Å². The SMILES string of the molecule is CCc1ccc(C(=O)CN2C(=O)NC(C)(CCC(C)C)C2=O)cc1. The van der Waals surface area contributed by atoms with Gasteiger partial charge in [0.25, 0.3) is 5.91 Å². The van der Waals surface area contributed by atoms with E-state index in [1.807, 2.05) is 19.1 Å². The molecule has 0 spiro atoms. The van der Waals surface area contributed by atoms with E-state index in [0.29, 0.717) is 17.9 Å². The maximum atomic E-state index is 12.6. The van der Waals surface area contributed by atoms with Crippen LogP contribution in [0.4, 0.5) is 4.79 Å². The van der Waals surface area contributed by atoms with Gasteiger partial charge in [-0.25, -0.2) is 4.79 Å². The molecule has 1 aliphatic rings. The standard InChI is InChI=1S/C19H26N2O3/c1-5-14-6-8-15(9-7-14)16(22)12-21-17(23)19(4,20-18(21)24)11-10-13(2)3/h6-9,13H,5,10-12H2,1-4H3,(H,20,24). The number of amides is 3. The van der Waals surface area contributed by atoms with E-state index in [1.54, 1.807) is 19.1 Å². The summed E-state index contributed by atoms with van der Waals surface area (Å²) in [7, 11) is 0. The number of hydrogen-bond donors (Lipinski definition) is 1. The van der Waals surface area contributed by atoms with E-state index < -0.39 is 11.6 Å². The number of hydrogen-bond acceptors (Lipinski definition) is 3. The Morgan fingerprint density at radius 1 is 1.21 bits per heavy atom. The molecule has 0 aromatic heterocycles. The summed E-state index contributed by atoms with van der Waals surface area (Å²) in [6.07, 6.45) is 2.31. The minimum atomic E-state index is -0.909. The van der Waals surface area contributed by atoms with E-state index in [-0.39, 0.29) is 18.2 Å². The minimum Gasteiger partial charge on any atom is -0.323 e. The van der Waals surface area contributed by atoms with Gasteiger partial charge in [-0.2, -0.15) is 0 Å². The van der Waals surface area contributed by atoms with Crippen LogP contribution in [-0.4, -0.2) is 34.7 Å². The van der Waals surface area contributed by atoms with Crippen LogP contribution in [0, 0.1) is 5.92 Å². The van der Waals surface area contributed by atoms with Crippen LogP contribution in [-0.2, 0) is 11.2 Å². The Kier molecular flexibility index (Phi) is 5.42.